The van der Waals surface area contributed by atoms with E-state index in [2.05, 4.69) is 5.32 Å². The van der Waals surface area contributed by atoms with E-state index in [0.29, 0.717) is 38.9 Å². The van der Waals surface area contributed by atoms with Crippen molar-refractivity contribution in [3.8, 4) is 23.0 Å². The summed E-state index contributed by atoms with van der Waals surface area (Å²) < 4.78 is 21.7. The highest BCUT2D eigenvalue weighted by molar-refractivity contribution is 6.32. The molecule has 0 aliphatic carbocycles. The molecule has 0 radical (unpaired) electrons. The van der Waals surface area contributed by atoms with Gasteiger partial charge in [0.2, 0.25) is 11.2 Å². The molecule has 0 bridgehead atoms. The molecular formula is C24H18ClNO6. The van der Waals surface area contributed by atoms with Crippen molar-refractivity contribution in [2.45, 2.75) is 0 Å². The number of hydrogen-bond donors (Lipinski definition) is 1. The monoisotopic (exact) mass is 451 g/mol. The van der Waals surface area contributed by atoms with Crippen molar-refractivity contribution in [3.63, 3.8) is 0 Å². The lowest BCUT2D eigenvalue weighted by Crippen LogP contribution is -2.20. The highest BCUT2D eigenvalue weighted by atomic mass is 35.5. The van der Waals surface area contributed by atoms with Crippen LogP contribution in [0, 0.1) is 0 Å². The van der Waals surface area contributed by atoms with Gasteiger partial charge in [0.1, 0.15) is 29.1 Å². The second kappa shape index (κ2) is 9.45. The maximum Gasteiger partial charge on any atom is 0.262 e. The molecule has 7 nitrogen and oxygen atoms in total. The SMILES string of the molecule is COc1ccc(NC(=O)COc2ccc3c(=O)c(Oc4ccccc4Cl)coc3c2)cc1. The van der Waals surface area contributed by atoms with E-state index in [1.165, 1.54) is 12.3 Å². The number of anilines is 1. The Morgan fingerprint density at radius 2 is 1.75 bits per heavy atom. The van der Waals surface area contributed by atoms with Crippen molar-refractivity contribution >= 4 is 34.2 Å². The quantitative estimate of drug-likeness (QED) is 0.412. The van der Waals surface area contributed by atoms with Crippen LogP contribution in [0.25, 0.3) is 11.0 Å². The highest BCUT2D eigenvalue weighted by Gasteiger charge is 2.12. The molecule has 1 heterocycles. The maximum atomic E-state index is 12.7. The zero-order chi connectivity index (χ0) is 22.5. The second-order valence-electron chi connectivity index (χ2n) is 6.68. The van der Waals surface area contributed by atoms with Gasteiger partial charge >= 0.3 is 0 Å². The molecule has 0 saturated carbocycles. The van der Waals surface area contributed by atoms with Crippen molar-refractivity contribution in [2.24, 2.45) is 0 Å². The Balaban J connectivity index is 1.43. The number of para-hydroxylation sites is 1. The molecule has 162 valence electrons. The Morgan fingerprint density at radius 3 is 2.50 bits per heavy atom. The van der Waals surface area contributed by atoms with Crippen molar-refractivity contribution < 1.29 is 23.4 Å². The summed E-state index contributed by atoms with van der Waals surface area (Å²) in [6.45, 7) is -0.213. The summed E-state index contributed by atoms with van der Waals surface area (Å²) in [5.41, 5.74) is 0.569. The first-order chi connectivity index (χ1) is 15.5. The average Bonchev–Trinajstić information content (AvgIpc) is 2.81. The molecule has 0 saturated heterocycles. The molecule has 1 aromatic heterocycles. The van der Waals surface area contributed by atoms with Crippen LogP contribution >= 0.6 is 11.6 Å². The van der Waals surface area contributed by atoms with E-state index in [1.54, 1.807) is 67.8 Å². The normalized spacial score (nSPS) is 10.6. The Bertz CT molecular complexity index is 1320. The lowest BCUT2D eigenvalue weighted by molar-refractivity contribution is -0.118. The number of amides is 1. The Labute approximate surface area is 188 Å². The van der Waals surface area contributed by atoms with Gasteiger partial charge in [-0.05, 0) is 48.5 Å². The molecule has 1 N–H and O–H groups in total. The minimum absolute atomic E-state index is 0.0122. The number of carbonyl (C=O) groups excluding carboxylic acids is 1. The molecule has 0 spiro atoms. The van der Waals surface area contributed by atoms with Crippen molar-refractivity contribution in [3.05, 3.63) is 88.2 Å². The number of halogens is 1. The Kier molecular flexibility index (Phi) is 6.28. The van der Waals surface area contributed by atoms with E-state index in [1.807, 2.05) is 0 Å². The molecule has 8 heteroatoms. The maximum absolute atomic E-state index is 12.7. The summed E-state index contributed by atoms with van der Waals surface area (Å²) in [6, 6.07) is 18.4. The number of hydrogen-bond acceptors (Lipinski definition) is 6. The molecule has 0 aliphatic rings. The second-order valence-corrected chi connectivity index (χ2v) is 7.09. The van der Waals surface area contributed by atoms with E-state index in [-0.39, 0.29) is 23.7 Å². The summed E-state index contributed by atoms with van der Waals surface area (Å²) >= 11 is 6.08. The molecular weight excluding hydrogens is 434 g/mol. The first-order valence-corrected chi connectivity index (χ1v) is 9.96. The van der Waals surface area contributed by atoms with E-state index < -0.39 is 0 Å². The van der Waals surface area contributed by atoms with Crippen LogP contribution in [0.2, 0.25) is 5.02 Å². The van der Waals surface area contributed by atoms with Gasteiger partial charge in [0.15, 0.2) is 6.61 Å². The Morgan fingerprint density at radius 1 is 1.00 bits per heavy atom. The van der Waals surface area contributed by atoms with E-state index in [9.17, 15) is 9.59 Å². The molecule has 3 aromatic carbocycles. The number of benzene rings is 3. The van der Waals surface area contributed by atoms with Crippen LogP contribution in [0.4, 0.5) is 5.69 Å². The lowest BCUT2D eigenvalue weighted by atomic mass is 10.2. The van der Waals surface area contributed by atoms with Gasteiger partial charge in [0.25, 0.3) is 5.91 Å². The van der Waals surface area contributed by atoms with Crippen LogP contribution in [0.15, 0.2) is 82.2 Å². The first-order valence-electron chi connectivity index (χ1n) is 9.58. The zero-order valence-corrected chi connectivity index (χ0v) is 17.7. The minimum Gasteiger partial charge on any atom is -0.497 e. The summed E-state index contributed by atoms with van der Waals surface area (Å²) in [7, 11) is 1.57. The van der Waals surface area contributed by atoms with Crippen LogP contribution < -0.4 is 25.0 Å². The Hall–Kier alpha value is -3.97. The fraction of sp³-hybridized carbons (Fsp3) is 0.0833. The smallest absolute Gasteiger partial charge is 0.262 e. The number of carbonyl (C=O) groups is 1. The molecule has 4 rings (SSSR count). The topological polar surface area (TPSA) is 87.0 Å². The van der Waals surface area contributed by atoms with Gasteiger partial charge in [0, 0.05) is 11.8 Å². The molecule has 0 unspecified atom stereocenters. The highest BCUT2D eigenvalue weighted by Crippen LogP contribution is 2.29. The van der Waals surface area contributed by atoms with Crippen LogP contribution in [-0.4, -0.2) is 19.6 Å². The van der Waals surface area contributed by atoms with Gasteiger partial charge in [-0.15, -0.1) is 0 Å². The fourth-order valence-electron chi connectivity index (χ4n) is 2.92. The van der Waals surface area contributed by atoms with Crippen LogP contribution in [0.3, 0.4) is 0 Å². The number of methoxy groups -OCH3 is 1. The average molecular weight is 452 g/mol. The predicted octanol–water partition coefficient (Wildman–Crippen LogP) is 5.26. The van der Waals surface area contributed by atoms with E-state index in [4.69, 9.17) is 30.2 Å². The van der Waals surface area contributed by atoms with Crippen molar-refractivity contribution in [2.75, 3.05) is 19.0 Å². The molecule has 0 aliphatic heterocycles. The number of rotatable bonds is 7. The van der Waals surface area contributed by atoms with Gasteiger partial charge in [-0.2, -0.15) is 0 Å². The standard InChI is InChI=1S/C24H18ClNO6/c1-29-16-8-6-15(7-9-16)26-23(27)14-30-17-10-11-18-21(12-17)31-13-22(24(18)28)32-20-5-3-2-4-19(20)25/h2-13H,14H2,1H3,(H,26,27). The van der Waals surface area contributed by atoms with Crippen LogP contribution in [0.1, 0.15) is 0 Å². The van der Waals surface area contributed by atoms with E-state index >= 15 is 0 Å². The number of fused-ring (bicyclic) bond motifs is 1. The summed E-state index contributed by atoms with van der Waals surface area (Å²) in [6.07, 6.45) is 1.22. The third-order valence-electron chi connectivity index (χ3n) is 4.51. The largest absolute Gasteiger partial charge is 0.497 e. The van der Waals surface area contributed by atoms with Crippen LogP contribution in [-0.2, 0) is 4.79 Å². The lowest BCUT2D eigenvalue weighted by Gasteiger charge is -2.09. The van der Waals surface area contributed by atoms with Gasteiger partial charge in [-0.1, -0.05) is 23.7 Å². The molecule has 0 atom stereocenters. The van der Waals surface area contributed by atoms with Gasteiger partial charge in [-0.25, -0.2) is 0 Å². The van der Waals surface area contributed by atoms with Crippen molar-refractivity contribution in [1.29, 1.82) is 0 Å². The summed E-state index contributed by atoms with van der Waals surface area (Å²) in [5.74, 6) is 1.10. The van der Waals surface area contributed by atoms with Crippen LogP contribution in [0.5, 0.6) is 23.0 Å². The molecule has 0 fully saturated rings. The number of nitrogens with one attached hydrogen (secondary N) is 1. The first kappa shape index (κ1) is 21.3. The third kappa shape index (κ3) is 4.84. The summed E-state index contributed by atoms with van der Waals surface area (Å²) in [4.78, 5) is 24.9. The van der Waals surface area contributed by atoms with Crippen molar-refractivity contribution in [1.82, 2.24) is 0 Å². The molecule has 4 aromatic rings. The van der Waals surface area contributed by atoms with E-state index in [0.717, 1.165) is 0 Å². The molecule has 32 heavy (non-hydrogen) atoms. The van der Waals surface area contributed by atoms with Gasteiger partial charge in [-0.3, -0.25) is 9.59 Å². The zero-order valence-electron chi connectivity index (χ0n) is 17.0. The minimum atomic E-state index is -0.352. The third-order valence-corrected chi connectivity index (χ3v) is 4.83. The fourth-order valence-corrected chi connectivity index (χ4v) is 3.09. The number of ether oxygens (including phenoxy) is 3. The van der Waals surface area contributed by atoms with Gasteiger partial charge < -0.3 is 23.9 Å². The molecule has 1 amide bonds. The predicted molar refractivity (Wildman–Crippen MR) is 121 cm³/mol. The summed E-state index contributed by atoms with van der Waals surface area (Å²) in [5, 5.41) is 3.41. The van der Waals surface area contributed by atoms with Gasteiger partial charge in [0.05, 0.1) is 17.5 Å².